The lowest BCUT2D eigenvalue weighted by Gasteiger charge is -2.16. The maximum absolute atomic E-state index is 13.3. The van der Waals surface area contributed by atoms with Gasteiger partial charge in [0.2, 0.25) is 0 Å². The van der Waals surface area contributed by atoms with Crippen molar-refractivity contribution < 1.29 is 14.3 Å². The maximum Gasteiger partial charge on any atom is 0.343 e. The van der Waals surface area contributed by atoms with Crippen LogP contribution in [-0.4, -0.2) is 49.7 Å². The molecule has 2 aromatic carbocycles. The third-order valence-electron chi connectivity index (χ3n) is 5.03. The second kappa shape index (κ2) is 11.1. The summed E-state index contributed by atoms with van der Waals surface area (Å²) in [7, 11) is 5.12. The van der Waals surface area contributed by atoms with Crippen molar-refractivity contribution in [2.24, 2.45) is 5.10 Å². The van der Waals surface area contributed by atoms with E-state index >= 15 is 0 Å². The van der Waals surface area contributed by atoms with Crippen molar-refractivity contribution in [1.29, 1.82) is 0 Å². The molecule has 0 saturated carbocycles. The summed E-state index contributed by atoms with van der Waals surface area (Å²) < 4.78 is 12.5. The molecule has 8 nitrogen and oxygen atoms in total. The predicted octanol–water partition coefficient (Wildman–Crippen LogP) is 4.00. The molecule has 0 aliphatic carbocycles. The number of ether oxygens (including phenoxy) is 2. The number of fused-ring (bicyclic) bond motifs is 1. The van der Waals surface area contributed by atoms with E-state index in [0.717, 1.165) is 23.0 Å². The third kappa shape index (κ3) is 5.98. The molecule has 3 aromatic rings. The van der Waals surface area contributed by atoms with Gasteiger partial charge >= 0.3 is 5.97 Å². The van der Waals surface area contributed by atoms with Gasteiger partial charge in [-0.3, -0.25) is 4.79 Å². The molecule has 174 valence electrons. The van der Waals surface area contributed by atoms with E-state index in [2.05, 4.69) is 37.7 Å². The van der Waals surface area contributed by atoms with Crippen molar-refractivity contribution in [3.05, 3.63) is 62.6 Å². The molecule has 0 bridgehead atoms. The highest BCUT2D eigenvalue weighted by molar-refractivity contribution is 9.10. The van der Waals surface area contributed by atoms with Gasteiger partial charge in [0.05, 0.1) is 24.2 Å². The van der Waals surface area contributed by atoms with Gasteiger partial charge in [0.25, 0.3) is 5.56 Å². The molecule has 0 unspecified atom stereocenters. The summed E-state index contributed by atoms with van der Waals surface area (Å²) in [5, 5.41) is 4.96. The Kier molecular flexibility index (Phi) is 8.21. The fourth-order valence-electron chi connectivity index (χ4n) is 3.16. The normalized spacial score (nSPS) is 11.2. The lowest BCUT2D eigenvalue weighted by atomic mass is 10.2. The summed E-state index contributed by atoms with van der Waals surface area (Å²) in [6.07, 6.45) is 4.03. The Morgan fingerprint density at radius 1 is 1.24 bits per heavy atom. The monoisotopic (exact) mass is 514 g/mol. The number of aromatic nitrogens is 2. The summed E-state index contributed by atoms with van der Waals surface area (Å²) in [5.74, 6) is 0.556. The van der Waals surface area contributed by atoms with Gasteiger partial charge in [-0.15, -0.1) is 0 Å². The van der Waals surface area contributed by atoms with Crippen molar-refractivity contribution in [3.63, 3.8) is 0 Å². The summed E-state index contributed by atoms with van der Waals surface area (Å²) in [4.78, 5) is 31.5. The van der Waals surface area contributed by atoms with Gasteiger partial charge in [-0.1, -0.05) is 29.3 Å². The highest BCUT2D eigenvalue weighted by Gasteiger charge is 2.12. The quantitative estimate of drug-likeness (QED) is 0.316. The first-order valence-corrected chi connectivity index (χ1v) is 11.4. The van der Waals surface area contributed by atoms with E-state index in [1.54, 1.807) is 18.3 Å². The van der Waals surface area contributed by atoms with Crippen molar-refractivity contribution in [2.75, 3.05) is 32.7 Å². The van der Waals surface area contributed by atoms with Crippen LogP contribution >= 0.6 is 15.9 Å². The number of nitrogens with zero attached hydrogens (tertiary/aromatic N) is 4. The van der Waals surface area contributed by atoms with E-state index in [0.29, 0.717) is 34.5 Å². The van der Waals surface area contributed by atoms with Gasteiger partial charge in [0, 0.05) is 42.3 Å². The lowest BCUT2D eigenvalue weighted by Crippen LogP contribution is -2.22. The van der Waals surface area contributed by atoms with E-state index in [1.807, 2.05) is 43.3 Å². The fraction of sp³-hybridized carbons (Fsp3) is 0.333. The highest BCUT2D eigenvalue weighted by atomic mass is 79.9. The molecular formula is C24H27BrN4O4. The maximum atomic E-state index is 13.3. The number of carbonyl (C=O) groups is 1. The number of hydrogen-bond acceptors (Lipinski definition) is 7. The number of rotatable bonds is 9. The van der Waals surface area contributed by atoms with Gasteiger partial charge in [0.1, 0.15) is 11.6 Å². The number of methoxy groups -OCH3 is 1. The zero-order chi connectivity index (χ0) is 24.0. The molecule has 0 atom stereocenters. The Morgan fingerprint density at radius 2 is 2.03 bits per heavy atom. The van der Waals surface area contributed by atoms with Gasteiger partial charge in [-0.25, -0.2) is 9.78 Å². The number of carbonyl (C=O) groups excluding carboxylic acids is 1. The van der Waals surface area contributed by atoms with Crippen LogP contribution in [0.2, 0.25) is 0 Å². The molecule has 0 spiro atoms. The average Bonchev–Trinajstić information content (AvgIpc) is 2.81. The minimum absolute atomic E-state index is 0.235. The molecule has 0 saturated heterocycles. The van der Waals surface area contributed by atoms with Crippen molar-refractivity contribution >= 4 is 44.7 Å². The summed E-state index contributed by atoms with van der Waals surface area (Å²) in [6, 6.07) is 11.0. The second-order valence-electron chi connectivity index (χ2n) is 7.64. The van der Waals surface area contributed by atoms with Crippen LogP contribution in [0.3, 0.4) is 0 Å². The largest absolute Gasteiger partial charge is 0.481 e. The lowest BCUT2D eigenvalue weighted by molar-refractivity contribution is -0.142. The Labute approximate surface area is 201 Å². The molecule has 1 aromatic heterocycles. The second-order valence-corrected chi connectivity index (χ2v) is 8.55. The van der Waals surface area contributed by atoms with E-state index in [4.69, 9.17) is 4.74 Å². The third-order valence-corrected chi connectivity index (χ3v) is 5.52. The molecular weight excluding hydrogens is 488 g/mol. The van der Waals surface area contributed by atoms with Crippen molar-refractivity contribution in [2.45, 2.75) is 26.2 Å². The Balaban J connectivity index is 2.07. The number of esters is 1. The van der Waals surface area contributed by atoms with E-state index < -0.39 is 5.97 Å². The van der Waals surface area contributed by atoms with Gasteiger partial charge in [-0.05, 0) is 36.8 Å². The summed E-state index contributed by atoms with van der Waals surface area (Å²) >= 11 is 3.42. The molecule has 0 aliphatic heterocycles. The minimum Gasteiger partial charge on any atom is -0.481 e. The molecule has 0 aliphatic rings. The molecule has 0 amide bonds. The molecule has 0 N–H and O–H groups in total. The van der Waals surface area contributed by atoms with Gasteiger partial charge in [-0.2, -0.15) is 9.78 Å². The zero-order valence-electron chi connectivity index (χ0n) is 19.2. The van der Waals surface area contributed by atoms with Crippen LogP contribution in [0, 0.1) is 0 Å². The first-order valence-electron chi connectivity index (χ1n) is 10.6. The molecule has 33 heavy (non-hydrogen) atoms. The highest BCUT2D eigenvalue weighted by Crippen LogP contribution is 2.24. The first-order chi connectivity index (χ1) is 15.8. The number of hydrogen-bond donors (Lipinski definition) is 0. The van der Waals surface area contributed by atoms with Crippen LogP contribution in [0.1, 0.15) is 31.2 Å². The first kappa shape index (κ1) is 24.4. The summed E-state index contributed by atoms with van der Waals surface area (Å²) in [5.41, 5.74) is 1.90. The van der Waals surface area contributed by atoms with E-state index in [1.165, 1.54) is 11.8 Å². The van der Waals surface area contributed by atoms with E-state index in [-0.39, 0.29) is 12.2 Å². The number of halogens is 1. The smallest absolute Gasteiger partial charge is 0.343 e. The molecule has 0 fully saturated rings. The molecule has 9 heteroatoms. The fourth-order valence-corrected chi connectivity index (χ4v) is 3.52. The van der Waals surface area contributed by atoms with Gasteiger partial charge < -0.3 is 14.4 Å². The zero-order valence-corrected chi connectivity index (χ0v) is 20.8. The topological polar surface area (TPSA) is 86.0 Å². The summed E-state index contributed by atoms with van der Waals surface area (Å²) in [6.45, 7) is 1.85. The van der Waals surface area contributed by atoms with Crippen LogP contribution in [0.4, 0.5) is 5.69 Å². The molecule has 0 radical (unpaired) electrons. The number of unbranched alkanes of at least 4 members (excludes halogenated alkanes) is 1. The van der Waals surface area contributed by atoms with Crippen molar-refractivity contribution in [3.8, 4) is 5.75 Å². The number of aryl methyl sites for hydroxylation is 1. The average molecular weight is 515 g/mol. The Bertz CT molecular complexity index is 1240. The van der Waals surface area contributed by atoms with Crippen LogP contribution in [0.25, 0.3) is 10.9 Å². The SMILES string of the molecule is CCCCc1nc2ccc(Br)cc2c(=O)n1N=Cc1ccc(N(C)C)cc1OCC(=O)OC. The van der Waals surface area contributed by atoms with Crippen LogP contribution < -0.4 is 15.2 Å². The van der Waals surface area contributed by atoms with E-state index in [9.17, 15) is 9.59 Å². The van der Waals surface area contributed by atoms with Crippen molar-refractivity contribution in [1.82, 2.24) is 9.66 Å². The minimum atomic E-state index is -0.490. The van der Waals surface area contributed by atoms with Crippen LogP contribution in [0.15, 0.2) is 50.8 Å². The molecule has 1 heterocycles. The Morgan fingerprint density at radius 3 is 2.73 bits per heavy atom. The molecule has 3 rings (SSSR count). The standard InChI is InChI=1S/C24H27BrN4O4/c1-5-6-7-22-27-20-11-9-17(25)12-19(20)24(31)29(22)26-14-16-8-10-18(28(2)3)13-21(16)33-15-23(30)32-4/h8-14H,5-7,15H2,1-4H3. The number of anilines is 1. The Hall–Kier alpha value is -3.20. The van der Waals surface area contributed by atoms with Crippen LogP contribution in [0.5, 0.6) is 5.75 Å². The van der Waals surface area contributed by atoms with Crippen LogP contribution in [-0.2, 0) is 16.0 Å². The number of benzene rings is 2. The van der Waals surface area contributed by atoms with Gasteiger partial charge in [0.15, 0.2) is 6.61 Å². The predicted molar refractivity (Wildman–Crippen MR) is 134 cm³/mol.